The van der Waals surface area contributed by atoms with Gasteiger partial charge in [-0.1, -0.05) is 30.3 Å². The zero-order valence-electron chi connectivity index (χ0n) is 23.3. The number of nitrogens with zero attached hydrogens (tertiary/aromatic N) is 5. The van der Waals surface area contributed by atoms with Gasteiger partial charge in [-0.3, -0.25) is 19.8 Å². The molecule has 2 fully saturated rings. The third kappa shape index (κ3) is 6.35. The average Bonchev–Trinajstić information content (AvgIpc) is 3.78. The monoisotopic (exact) mass is 518 g/mol. The number of anilines is 1. The molecule has 0 spiro atoms. The second kappa shape index (κ2) is 10.9. The molecule has 1 saturated heterocycles. The number of benzene rings is 1. The number of hydrogen-bond donors (Lipinski definition) is 1. The maximum Gasteiger partial charge on any atom is 0.127 e. The molecular formula is C33H38N6. The van der Waals surface area contributed by atoms with E-state index in [1.165, 1.54) is 24.0 Å². The first-order chi connectivity index (χ1) is 18.9. The van der Waals surface area contributed by atoms with Gasteiger partial charge in [-0.25, -0.2) is 4.98 Å². The molecular weight excluding hydrogens is 480 g/mol. The Bertz CT molecular complexity index is 1400. The van der Waals surface area contributed by atoms with E-state index in [-0.39, 0.29) is 5.54 Å². The number of pyridine rings is 3. The smallest absolute Gasteiger partial charge is 0.127 e. The van der Waals surface area contributed by atoms with Gasteiger partial charge in [0.2, 0.25) is 0 Å². The van der Waals surface area contributed by atoms with E-state index in [1.807, 2.05) is 36.8 Å². The second-order valence-corrected chi connectivity index (χ2v) is 11.9. The molecule has 1 N–H and O–H groups in total. The van der Waals surface area contributed by atoms with Crippen LogP contribution in [0.15, 0.2) is 79.3 Å². The highest BCUT2D eigenvalue weighted by atomic mass is 15.3. The summed E-state index contributed by atoms with van der Waals surface area (Å²) in [5.74, 6) is 0.897. The summed E-state index contributed by atoms with van der Waals surface area (Å²) < 4.78 is 0. The largest absolute Gasteiger partial charge is 0.367 e. The van der Waals surface area contributed by atoms with Gasteiger partial charge in [0.1, 0.15) is 5.82 Å². The third-order valence-electron chi connectivity index (χ3n) is 7.77. The Balaban J connectivity index is 1.20. The molecule has 0 atom stereocenters. The Morgan fingerprint density at radius 2 is 1.54 bits per heavy atom. The second-order valence-electron chi connectivity index (χ2n) is 11.9. The Morgan fingerprint density at radius 3 is 2.21 bits per heavy atom. The normalized spacial score (nSPS) is 16.8. The van der Waals surface area contributed by atoms with Crippen LogP contribution in [-0.2, 0) is 6.54 Å². The van der Waals surface area contributed by atoms with E-state index in [2.05, 4.69) is 88.3 Å². The van der Waals surface area contributed by atoms with Crippen molar-refractivity contribution in [2.24, 2.45) is 0 Å². The lowest BCUT2D eigenvalue weighted by atomic mass is 10.0. The minimum absolute atomic E-state index is 0.252. The number of piperazine rings is 1. The highest BCUT2D eigenvalue weighted by molar-refractivity contribution is 5.76. The molecule has 0 radical (unpaired) electrons. The van der Waals surface area contributed by atoms with Crippen LogP contribution in [0.4, 0.5) is 5.82 Å². The van der Waals surface area contributed by atoms with Gasteiger partial charge in [-0.15, -0.1) is 0 Å². The van der Waals surface area contributed by atoms with Crippen LogP contribution in [-0.4, -0.2) is 62.5 Å². The van der Waals surface area contributed by atoms with Gasteiger partial charge >= 0.3 is 0 Å². The molecule has 200 valence electrons. The van der Waals surface area contributed by atoms with Crippen molar-refractivity contribution in [3.8, 4) is 33.6 Å². The van der Waals surface area contributed by atoms with Crippen LogP contribution in [0.1, 0.15) is 39.2 Å². The van der Waals surface area contributed by atoms with Crippen molar-refractivity contribution < 1.29 is 0 Å². The fourth-order valence-corrected chi connectivity index (χ4v) is 5.25. The number of nitrogens with one attached hydrogen (secondary N) is 1. The molecule has 0 bridgehead atoms. The Hall–Kier alpha value is -3.61. The van der Waals surface area contributed by atoms with Crippen LogP contribution >= 0.6 is 0 Å². The number of hydrogen-bond acceptors (Lipinski definition) is 6. The predicted molar refractivity (Wildman–Crippen MR) is 159 cm³/mol. The van der Waals surface area contributed by atoms with E-state index in [0.717, 1.165) is 66.6 Å². The summed E-state index contributed by atoms with van der Waals surface area (Å²) >= 11 is 0. The maximum absolute atomic E-state index is 4.86. The van der Waals surface area contributed by atoms with Crippen molar-refractivity contribution in [2.45, 2.75) is 51.7 Å². The van der Waals surface area contributed by atoms with E-state index >= 15 is 0 Å². The summed E-state index contributed by atoms with van der Waals surface area (Å²) in [6, 6.07) is 21.9. The van der Waals surface area contributed by atoms with Crippen molar-refractivity contribution >= 4 is 5.82 Å². The molecule has 6 heteroatoms. The highest BCUT2D eigenvalue weighted by Gasteiger charge is 2.25. The van der Waals surface area contributed by atoms with Gasteiger partial charge in [0.25, 0.3) is 0 Å². The van der Waals surface area contributed by atoms with Crippen molar-refractivity contribution in [3.63, 3.8) is 0 Å². The Morgan fingerprint density at radius 1 is 0.795 bits per heavy atom. The Labute approximate surface area is 232 Å². The first-order valence-electron chi connectivity index (χ1n) is 14.1. The molecule has 1 aliphatic heterocycles. The van der Waals surface area contributed by atoms with Crippen LogP contribution in [0.5, 0.6) is 0 Å². The van der Waals surface area contributed by atoms with Crippen molar-refractivity contribution in [1.29, 1.82) is 0 Å². The topological polar surface area (TPSA) is 57.2 Å². The van der Waals surface area contributed by atoms with E-state index in [9.17, 15) is 0 Å². The van der Waals surface area contributed by atoms with Crippen LogP contribution in [0, 0.1) is 0 Å². The van der Waals surface area contributed by atoms with Crippen molar-refractivity contribution in [2.75, 3.05) is 31.5 Å². The molecule has 0 amide bonds. The van der Waals surface area contributed by atoms with Crippen LogP contribution < -0.4 is 5.32 Å². The molecule has 1 saturated carbocycles. The van der Waals surface area contributed by atoms with Crippen molar-refractivity contribution in [3.05, 3.63) is 84.8 Å². The molecule has 1 aliphatic carbocycles. The molecule has 4 heterocycles. The molecule has 4 aromatic rings. The van der Waals surface area contributed by atoms with Gasteiger partial charge in [0.15, 0.2) is 0 Å². The molecule has 39 heavy (non-hydrogen) atoms. The maximum atomic E-state index is 4.86. The van der Waals surface area contributed by atoms with E-state index in [4.69, 9.17) is 4.98 Å². The number of aromatic nitrogens is 3. The lowest BCUT2D eigenvalue weighted by Crippen LogP contribution is -2.53. The van der Waals surface area contributed by atoms with E-state index in [1.54, 1.807) is 0 Å². The summed E-state index contributed by atoms with van der Waals surface area (Å²) in [6.07, 6.45) is 8.10. The summed E-state index contributed by atoms with van der Waals surface area (Å²) in [5.41, 5.74) is 7.82. The predicted octanol–water partition coefficient (Wildman–Crippen LogP) is 6.36. The average molecular weight is 519 g/mol. The summed E-state index contributed by atoms with van der Waals surface area (Å²) in [6.45, 7) is 12.4. The van der Waals surface area contributed by atoms with E-state index < -0.39 is 0 Å². The summed E-state index contributed by atoms with van der Waals surface area (Å²) in [7, 11) is 0. The zero-order valence-corrected chi connectivity index (χ0v) is 23.3. The van der Waals surface area contributed by atoms with Gasteiger partial charge in [0, 0.05) is 74.0 Å². The SMILES string of the molecule is CC(C)(C)N1CCN(Cc2ccc(-c3cncc(-c4cc(NC5CC5)nc(-c5ccccn5)c4)c3)cc2)CC1. The molecule has 3 aromatic heterocycles. The molecule has 1 aromatic carbocycles. The number of rotatable bonds is 7. The van der Waals surface area contributed by atoms with Gasteiger partial charge in [-0.2, -0.15) is 0 Å². The first-order valence-corrected chi connectivity index (χ1v) is 14.1. The molecule has 0 unspecified atom stereocenters. The minimum atomic E-state index is 0.252. The van der Waals surface area contributed by atoms with Gasteiger partial charge in [-0.05, 0) is 80.6 Å². The fraction of sp³-hybridized carbons (Fsp3) is 0.364. The van der Waals surface area contributed by atoms with Gasteiger partial charge < -0.3 is 5.32 Å². The van der Waals surface area contributed by atoms with Crippen molar-refractivity contribution in [1.82, 2.24) is 24.8 Å². The zero-order chi connectivity index (χ0) is 26.8. The molecule has 6 nitrogen and oxygen atoms in total. The van der Waals surface area contributed by atoms with Gasteiger partial charge in [0.05, 0.1) is 11.4 Å². The minimum Gasteiger partial charge on any atom is -0.367 e. The Kier molecular flexibility index (Phi) is 7.15. The van der Waals surface area contributed by atoms with Crippen LogP contribution in [0.25, 0.3) is 33.6 Å². The van der Waals surface area contributed by atoms with Crippen LogP contribution in [0.3, 0.4) is 0 Å². The molecule has 2 aliphatic rings. The standard InChI is InChI=1S/C33H38N6/c1-33(2,3)39-16-14-38(15-17-39)23-24-7-9-25(10-8-24)27-18-28(22-34-21-27)26-19-31(30-6-4-5-13-35-30)37-32(20-26)36-29-11-12-29/h4-10,13,18-22,29H,11-12,14-17,23H2,1-3H3,(H,36,37). The third-order valence-corrected chi connectivity index (χ3v) is 7.77. The fourth-order valence-electron chi connectivity index (χ4n) is 5.25. The highest BCUT2D eigenvalue weighted by Crippen LogP contribution is 2.32. The van der Waals surface area contributed by atoms with Crippen LogP contribution in [0.2, 0.25) is 0 Å². The first kappa shape index (κ1) is 25.7. The summed E-state index contributed by atoms with van der Waals surface area (Å²) in [4.78, 5) is 19.2. The molecule has 6 rings (SSSR count). The quantitative estimate of drug-likeness (QED) is 0.307. The lowest BCUT2D eigenvalue weighted by Gasteiger charge is -2.42. The summed E-state index contributed by atoms with van der Waals surface area (Å²) in [5, 5.41) is 3.57. The van der Waals surface area contributed by atoms with E-state index in [0.29, 0.717) is 6.04 Å². The lowest BCUT2D eigenvalue weighted by molar-refractivity contribution is 0.0591.